The van der Waals surface area contributed by atoms with Crippen LogP contribution in [0, 0.1) is 0 Å². The monoisotopic (exact) mass is 495 g/mol. The number of anilines is 1. The Hall–Kier alpha value is -3.40. The fraction of sp³-hybridized carbons (Fsp3) is 0.269. The first-order valence-corrected chi connectivity index (χ1v) is 12.9. The number of rotatable bonds is 9. The molecule has 0 atom stereocenters. The number of carbonyl (C=O) groups excluding carboxylic acids is 1. The van der Waals surface area contributed by atoms with E-state index in [1.807, 2.05) is 36.4 Å². The van der Waals surface area contributed by atoms with Gasteiger partial charge in [-0.25, -0.2) is 0 Å². The first-order chi connectivity index (χ1) is 16.8. The highest BCUT2D eigenvalue weighted by atomic mass is 32.2. The highest BCUT2D eigenvalue weighted by Gasteiger charge is 2.23. The molecule has 0 radical (unpaired) electrons. The van der Waals surface area contributed by atoms with E-state index in [1.54, 1.807) is 29.2 Å². The van der Waals surface area contributed by atoms with Gasteiger partial charge >= 0.3 is 10.3 Å². The zero-order valence-electron chi connectivity index (χ0n) is 19.3. The van der Waals surface area contributed by atoms with Crippen LogP contribution >= 0.6 is 0 Å². The molecule has 0 unspecified atom stereocenters. The third-order valence-corrected chi connectivity index (χ3v) is 6.38. The summed E-state index contributed by atoms with van der Waals surface area (Å²) in [5.41, 5.74) is 4.50. The molecule has 0 saturated carbocycles. The van der Waals surface area contributed by atoms with E-state index in [2.05, 4.69) is 17.0 Å². The van der Waals surface area contributed by atoms with Crippen molar-refractivity contribution in [1.82, 2.24) is 4.90 Å². The SMILES string of the molecule is NS(=O)(=O)Oc1ccc2c(c1)CN(C(=O)c1cccc(N(CCCO)Cc3ccccc3)c1)CC2. The van der Waals surface area contributed by atoms with Gasteiger partial charge in [0.1, 0.15) is 5.75 Å². The number of hydrogen-bond acceptors (Lipinski definition) is 6. The van der Waals surface area contributed by atoms with Crippen LogP contribution in [0.1, 0.15) is 33.5 Å². The van der Waals surface area contributed by atoms with Gasteiger partial charge in [-0.2, -0.15) is 13.6 Å². The van der Waals surface area contributed by atoms with E-state index in [-0.39, 0.29) is 18.3 Å². The molecule has 0 saturated heterocycles. The maximum atomic E-state index is 13.4. The normalized spacial score (nSPS) is 13.3. The van der Waals surface area contributed by atoms with E-state index in [0.717, 1.165) is 22.4 Å². The number of nitrogens with zero attached hydrogens (tertiary/aromatic N) is 2. The third-order valence-electron chi connectivity index (χ3n) is 5.95. The fourth-order valence-electron chi connectivity index (χ4n) is 4.28. The number of fused-ring (bicyclic) bond motifs is 1. The van der Waals surface area contributed by atoms with Crippen LogP contribution < -0.4 is 14.2 Å². The van der Waals surface area contributed by atoms with Gasteiger partial charge in [-0.05, 0) is 59.9 Å². The molecule has 0 fully saturated rings. The Labute approximate surface area is 205 Å². The number of carbonyl (C=O) groups is 1. The van der Waals surface area contributed by atoms with Gasteiger partial charge in [0.05, 0.1) is 0 Å². The van der Waals surface area contributed by atoms with Gasteiger partial charge in [0.15, 0.2) is 0 Å². The van der Waals surface area contributed by atoms with Gasteiger partial charge in [-0.3, -0.25) is 4.79 Å². The largest absolute Gasteiger partial charge is 0.396 e. The quantitative estimate of drug-likeness (QED) is 0.472. The Morgan fingerprint density at radius 1 is 1.03 bits per heavy atom. The number of amides is 1. The van der Waals surface area contributed by atoms with Gasteiger partial charge in [0.25, 0.3) is 5.91 Å². The highest BCUT2D eigenvalue weighted by Crippen LogP contribution is 2.26. The molecule has 0 aromatic heterocycles. The molecule has 0 aliphatic carbocycles. The molecule has 1 aliphatic rings. The molecule has 9 heteroatoms. The van der Waals surface area contributed by atoms with Crippen molar-refractivity contribution < 1.29 is 22.5 Å². The molecule has 0 spiro atoms. The van der Waals surface area contributed by atoms with Crippen molar-refractivity contribution in [2.45, 2.75) is 25.9 Å². The second kappa shape index (κ2) is 10.9. The topological polar surface area (TPSA) is 113 Å². The predicted octanol–water partition coefficient (Wildman–Crippen LogP) is 2.86. The smallest absolute Gasteiger partial charge is 0.380 e. The van der Waals surface area contributed by atoms with Crippen molar-refractivity contribution in [3.05, 3.63) is 95.1 Å². The lowest BCUT2D eigenvalue weighted by Crippen LogP contribution is -2.36. The van der Waals surface area contributed by atoms with E-state index in [4.69, 9.17) is 9.32 Å². The molecular formula is C26H29N3O5S. The standard InChI is InChI=1S/C26H29N3O5S/c27-35(32,33)34-25-11-10-21-12-14-29(19-23(21)17-25)26(31)22-8-4-9-24(16-22)28(13-5-15-30)18-20-6-2-1-3-7-20/h1-4,6-11,16-17,30H,5,12-15,18-19H2,(H2,27,32,33). The Balaban J connectivity index is 1.53. The Kier molecular flexibility index (Phi) is 7.70. The van der Waals surface area contributed by atoms with Crippen LogP contribution in [0.3, 0.4) is 0 Å². The number of aliphatic hydroxyl groups excluding tert-OH is 1. The van der Waals surface area contributed by atoms with Crippen molar-refractivity contribution >= 4 is 21.9 Å². The van der Waals surface area contributed by atoms with Crippen molar-refractivity contribution in [3.63, 3.8) is 0 Å². The average molecular weight is 496 g/mol. The van der Waals surface area contributed by atoms with Crippen molar-refractivity contribution in [1.29, 1.82) is 0 Å². The summed E-state index contributed by atoms with van der Waals surface area (Å²) < 4.78 is 27.3. The highest BCUT2D eigenvalue weighted by molar-refractivity contribution is 7.84. The fourth-order valence-corrected chi connectivity index (χ4v) is 4.65. The molecule has 1 aliphatic heterocycles. The summed E-state index contributed by atoms with van der Waals surface area (Å²) in [5.74, 6) is 0.0278. The van der Waals surface area contributed by atoms with Crippen LogP contribution in [0.15, 0.2) is 72.8 Å². The molecule has 3 aromatic rings. The van der Waals surface area contributed by atoms with E-state index in [9.17, 15) is 18.3 Å². The maximum absolute atomic E-state index is 13.4. The molecule has 1 amide bonds. The van der Waals surface area contributed by atoms with Crippen LogP contribution in [0.4, 0.5) is 5.69 Å². The van der Waals surface area contributed by atoms with Crippen molar-refractivity contribution in [3.8, 4) is 5.75 Å². The van der Waals surface area contributed by atoms with Crippen LogP contribution in [-0.2, 0) is 29.8 Å². The predicted molar refractivity (Wildman–Crippen MR) is 134 cm³/mol. The Morgan fingerprint density at radius 3 is 2.57 bits per heavy atom. The zero-order chi connectivity index (χ0) is 24.8. The summed E-state index contributed by atoms with van der Waals surface area (Å²) in [6, 6.07) is 22.6. The van der Waals surface area contributed by atoms with E-state index >= 15 is 0 Å². The van der Waals surface area contributed by atoms with E-state index in [1.165, 1.54) is 0 Å². The number of aliphatic hydroxyl groups is 1. The number of benzene rings is 3. The van der Waals surface area contributed by atoms with E-state index in [0.29, 0.717) is 44.6 Å². The van der Waals surface area contributed by atoms with Gasteiger partial charge in [-0.15, -0.1) is 0 Å². The minimum Gasteiger partial charge on any atom is -0.396 e. The summed E-state index contributed by atoms with van der Waals surface area (Å²) in [6.07, 6.45) is 1.28. The second-order valence-corrected chi connectivity index (χ2v) is 9.67. The van der Waals surface area contributed by atoms with Gasteiger partial charge in [0, 0.05) is 44.0 Å². The first kappa shape index (κ1) is 24.7. The average Bonchev–Trinajstić information content (AvgIpc) is 2.85. The molecule has 3 aromatic carbocycles. The molecule has 4 rings (SSSR count). The Bertz CT molecular complexity index is 1280. The third kappa shape index (κ3) is 6.60. The minimum atomic E-state index is -4.12. The summed E-state index contributed by atoms with van der Waals surface area (Å²) in [4.78, 5) is 17.3. The number of nitrogens with two attached hydrogens (primary N) is 1. The molecule has 8 nitrogen and oxygen atoms in total. The minimum absolute atomic E-state index is 0.0915. The Morgan fingerprint density at radius 2 is 1.83 bits per heavy atom. The molecule has 3 N–H and O–H groups in total. The second-order valence-electron chi connectivity index (χ2n) is 8.52. The first-order valence-electron chi connectivity index (χ1n) is 11.5. The van der Waals surface area contributed by atoms with Gasteiger partial charge in [-0.1, -0.05) is 42.5 Å². The summed E-state index contributed by atoms with van der Waals surface area (Å²) >= 11 is 0. The summed E-state index contributed by atoms with van der Waals surface area (Å²) in [6.45, 7) is 2.33. The van der Waals surface area contributed by atoms with Gasteiger partial charge < -0.3 is 19.1 Å². The lowest BCUT2D eigenvalue weighted by Gasteiger charge is -2.30. The molecule has 184 valence electrons. The van der Waals surface area contributed by atoms with Crippen LogP contribution in [0.2, 0.25) is 0 Å². The van der Waals surface area contributed by atoms with E-state index < -0.39 is 10.3 Å². The van der Waals surface area contributed by atoms with Crippen molar-refractivity contribution in [2.75, 3.05) is 24.6 Å². The molecule has 35 heavy (non-hydrogen) atoms. The summed E-state index contributed by atoms with van der Waals surface area (Å²) in [7, 11) is -4.12. The number of hydrogen-bond donors (Lipinski definition) is 2. The van der Waals surface area contributed by atoms with Gasteiger partial charge in [0.2, 0.25) is 0 Å². The summed E-state index contributed by atoms with van der Waals surface area (Å²) in [5, 5.41) is 14.3. The molecule has 1 heterocycles. The van der Waals surface area contributed by atoms with Crippen LogP contribution in [0.5, 0.6) is 5.75 Å². The molecule has 0 bridgehead atoms. The zero-order valence-corrected chi connectivity index (χ0v) is 20.2. The maximum Gasteiger partial charge on any atom is 0.380 e. The van der Waals surface area contributed by atoms with Crippen LogP contribution in [-0.4, -0.2) is 44.0 Å². The van der Waals surface area contributed by atoms with Crippen molar-refractivity contribution in [2.24, 2.45) is 5.14 Å². The molecular weight excluding hydrogens is 466 g/mol. The lowest BCUT2D eigenvalue weighted by molar-refractivity contribution is 0.0734. The van der Waals surface area contributed by atoms with Crippen LogP contribution in [0.25, 0.3) is 0 Å². The lowest BCUT2D eigenvalue weighted by atomic mass is 9.98.